The lowest BCUT2D eigenvalue weighted by molar-refractivity contribution is 0.470. The first-order valence-corrected chi connectivity index (χ1v) is 11.3. The minimum absolute atomic E-state index is 0.0733. The first kappa shape index (κ1) is 20.4. The van der Waals surface area contributed by atoms with Crippen molar-refractivity contribution in [3.8, 4) is 11.3 Å². The van der Waals surface area contributed by atoms with Crippen LogP contribution < -0.4 is 5.56 Å². The number of pyridine rings is 1. The molecular weight excluding hydrogens is 404 g/mol. The van der Waals surface area contributed by atoms with E-state index >= 15 is 0 Å². The average molecular weight is 429 g/mol. The zero-order valence-corrected chi connectivity index (χ0v) is 17.9. The van der Waals surface area contributed by atoms with E-state index in [0.717, 1.165) is 5.56 Å². The Morgan fingerprint density at radius 1 is 1.23 bits per heavy atom. The van der Waals surface area contributed by atoms with Crippen LogP contribution in [0.25, 0.3) is 11.3 Å². The molecule has 0 saturated carbocycles. The van der Waals surface area contributed by atoms with Gasteiger partial charge in [0.15, 0.2) is 0 Å². The van der Waals surface area contributed by atoms with Crippen LogP contribution in [-0.2, 0) is 10.0 Å². The van der Waals surface area contributed by atoms with Crippen LogP contribution in [0.2, 0.25) is 0 Å². The molecule has 158 valence electrons. The van der Waals surface area contributed by atoms with Gasteiger partial charge in [-0.1, -0.05) is 0 Å². The Morgan fingerprint density at radius 2 is 1.97 bits per heavy atom. The van der Waals surface area contributed by atoms with Gasteiger partial charge in [0, 0.05) is 55.3 Å². The molecule has 0 spiro atoms. The smallest absolute Gasteiger partial charge is 0.251 e. The first-order valence-electron chi connectivity index (χ1n) is 9.83. The van der Waals surface area contributed by atoms with E-state index in [9.17, 15) is 13.2 Å². The monoisotopic (exact) mass is 428 g/mol. The third-order valence-corrected chi connectivity index (χ3v) is 7.26. The molecule has 1 aliphatic rings. The summed E-state index contributed by atoms with van der Waals surface area (Å²) in [5, 5.41) is 4.33. The highest BCUT2D eigenvalue weighted by Gasteiger charge is 2.36. The van der Waals surface area contributed by atoms with Gasteiger partial charge in [0.1, 0.15) is 10.7 Å². The summed E-state index contributed by atoms with van der Waals surface area (Å²) in [7, 11) is -3.67. The summed E-state index contributed by atoms with van der Waals surface area (Å²) >= 11 is 0. The summed E-state index contributed by atoms with van der Waals surface area (Å²) in [6.07, 6.45) is 5.45. The molecular formula is C20H24N6O3S. The SMILES string of the molecule is Cc1nn(C(C)C)cc1S(=O)(=O)N1CCC(c2nc(-c3ccncc3)cc(=O)[nH]2)C1. The van der Waals surface area contributed by atoms with Gasteiger partial charge in [0.2, 0.25) is 10.0 Å². The van der Waals surface area contributed by atoms with Gasteiger partial charge in [0.05, 0.1) is 11.4 Å². The second-order valence-corrected chi connectivity index (χ2v) is 9.66. The minimum Gasteiger partial charge on any atom is -0.310 e. The van der Waals surface area contributed by atoms with Crippen LogP contribution in [0.4, 0.5) is 0 Å². The number of hydrogen-bond acceptors (Lipinski definition) is 6. The molecule has 4 heterocycles. The van der Waals surface area contributed by atoms with Crippen LogP contribution in [0.15, 0.2) is 46.5 Å². The first-order chi connectivity index (χ1) is 14.3. The zero-order valence-electron chi connectivity index (χ0n) is 17.1. The maximum absolute atomic E-state index is 13.2. The van der Waals surface area contributed by atoms with E-state index in [1.54, 1.807) is 42.3 Å². The van der Waals surface area contributed by atoms with Crippen molar-refractivity contribution in [1.29, 1.82) is 0 Å². The topological polar surface area (TPSA) is 114 Å². The molecule has 3 aromatic rings. The molecule has 30 heavy (non-hydrogen) atoms. The second-order valence-electron chi connectivity index (χ2n) is 7.75. The lowest BCUT2D eigenvalue weighted by Gasteiger charge is -2.16. The fourth-order valence-electron chi connectivity index (χ4n) is 3.63. The lowest BCUT2D eigenvalue weighted by Crippen LogP contribution is -2.29. The summed E-state index contributed by atoms with van der Waals surface area (Å²) in [6.45, 7) is 6.23. The minimum atomic E-state index is -3.67. The molecule has 0 bridgehead atoms. The van der Waals surface area contributed by atoms with E-state index in [-0.39, 0.29) is 29.0 Å². The molecule has 0 radical (unpaired) electrons. The Bertz CT molecular complexity index is 1220. The molecule has 3 aromatic heterocycles. The van der Waals surface area contributed by atoms with Gasteiger partial charge in [-0.25, -0.2) is 13.4 Å². The number of aromatic nitrogens is 5. The Morgan fingerprint density at radius 3 is 2.63 bits per heavy atom. The number of sulfonamides is 1. The van der Waals surface area contributed by atoms with Crippen molar-refractivity contribution in [3.05, 3.63) is 58.7 Å². The molecule has 1 fully saturated rings. The molecule has 0 aromatic carbocycles. The standard InChI is InChI=1S/C20H24N6O3S/c1-13(2)26-12-18(14(3)24-26)30(28,29)25-9-6-16(11-25)20-22-17(10-19(27)23-20)15-4-7-21-8-5-15/h4-5,7-8,10,12-13,16H,6,9,11H2,1-3H3,(H,22,23,27). The molecule has 1 aliphatic heterocycles. The van der Waals surface area contributed by atoms with Gasteiger partial charge < -0.3 is 4.98 Å². The third-order valence-electron chi connectivity index (χ3n) is 5.29. The van der Waals surface area contributed by atoms with Crippen LogP contribution in [0.1, 0.15) is 43.7 Å². The van der Waals surface area contributed by atoms with Gasteiger partial charge in [0.25, 0.3) is 5.56 Å². The number of aryl methyl sites for hydroxylation is 1. The predicted molar refractivity (Wildman–Crippen MR) is 112 cm³/mol. The largest absolute Gasteiger partial charge is 0.310 e. The number of nitrogens with zero attached hydrogens (tertiary/aromatic N) is 5. The Balaban J connectivity index is 1.61. The van der Waals surface area contributed by atoms with E-state index in [2.05, 4.69) is 20.1 Å². The van der Waals surface area contributed by atoms with E-state index in [4.69, 9.17) is 0 Å². The van der Waals surface area contributed by atoms with Crippen molar-refractivity contribution in [2.75, 3.05) is 13.1 Å². The molecule has 9 nitrogen and oxygen atoms in total. The molecule has 1 N–H and O–H groups in total. The van der Waals surface area contributed by atoms with Crippen molar-refractivity contribution in [2.24, 2.45) is 0 Å². The van der Waals surface area contributed by atoms with E-state index in [0.29, 0.717) is 30.2 Å². The van der Waals surface area contributed by atoms with Crippen molar-refractivity contribution < 1.29 is 8.42 Å². The Labute approximate surface area is 174 Å². The number of hydrogen-bond donors (Lipinski definition) is 1. The molecule has 10 heteroatoms. The Kier molecular flexibility index (Phi) is 5.29. The molecule has 4 rings (SSSR count). The van der Waals surface area contributed by atoms with Gasteiger partial charge in [-0.15, -0.1) is 0 Å². The van der Waals surface area contributed by atoms with Crippen molar-refractivity contribution in [2.45, 2.75) is 44.0 Å². The predicted octanol–water partition coefficient (Wildman–Crippen LogP) is 2.10. The highest BCUT2D eigenvalue weighted by atomic mass is 32.2. The van der Waals surface area contributed by atoms with Crippen molar-refractivity contribution in [1.82, 2.24) is 29.0 Å². The summed E-state index contributed by atoms with van der Waals surface area (Å²) in [5.41, 5.74) is 1.56. The summed E-state index contributed by atoms with van der Waals surface area (Å²) in [4.78, 5) is 23.8. The summed E-state index contributed by atoms with van der Waals surface area (Å²) in [5.74, 6) is 0.316. The van der Waals surface area contributed by atoms with Crippen LogP contribution in [0.3, 0.4) is 0 Å². The molecule has 1 unspecified atom stereocenters. The van der Waals surface area contributed by atoms with Crippen LogP contribution in [0.5, 0.6) is 0 Å². The van der Waals surface area contributed by atoms with Crippen LogP contribution in [0, 0.1) is 6.92 Å². The van der Waals surface area contributed by atoms with Gasteiger partial charge in [-0.3, -0.25) is 14.5 Å². The maximum atomic E-state index is 13.2. The molecule has 0 aliphatic carbocycles. The van der Waals surface area contributed by atoms with Crippen molar-refractivity contribution >= 4 is 10.0 Å². The lowest BCUT2D eigenvalue weighted by atomic mass is 10.1. The Hall–Kier alpha value is -2.85. The summed E-state index contributed by atoms with van der Waals surface area (Å²) in [6, 6.07) is 5.08. The number of nitrogens with one attached hydrogen (secondary N) is 1. The van der Waals surface area contributed by atoms with Crippen LogP contribution in [-0.4, -0.2) is 50.5 Å². The number of aromatic amines is 1. The molecule has 1 atom stereocenters. The average Bonchev–Trinajstić information content (AvgIpc) is 3.36. The number of H-pyrrole nitrogens is 1. The van der Waals surface area contributed by atoms with E-state index < -0.39 is 10.0 Å². The number of rotatable bonds is 5. The van der Waals surface area contributed by atoms with Gasteiger partial charge in [-0.2, -0.15) is 9.40 Å². The van der Waals surface area contributed by atoms with Crippen LogP contribution >= 0.6 is 0 Å². The normalized spacial score (nSPS) is 17.7. The fourth-order valence-corrected chi connectivity index (χ4v) is 5.29. The summed E-state index contributed by atoms with van der Waals surface area (Å²) < 4.78 is 29.5. The second kappa shape index (κ2) is 7.77. The molecule has 0 amide bonds. The van der Waals surface area contributed by atoms with Gasteiger partial charge >= 0.3 is 0 Å². The third kappa shape index (κ3) is 3.80. The quantitative estimate of drug-likeness (QED) is 0.666. The highest BCUT2D eigenvalue weighted by molar-refractivity contribution is 7.89. The van der Waals surface area contributed by atoms with E-state index in [1.807, 2.05) is 13.8 Å². The van der Waals surface area contributed by atoms with Crippen molar-refractivity contribution in [3.63, 3.8) is 0 Å². The zero-order chi connectivity index (χ0) is 21.5. The highest BCUT2D eigenvalue weighted by Crippen LogP contribution is 2.31. The van der Waals surface area contributed by atoms with Gasteiger partial charge in [-0.05, 0) is 39.3 Å². The van der Waals surface area contributed by atoms with E-state index in [1.165, 1.54) is 10.4 Å². The fraction of sp³-hybridized carbons (Fsp3) is 0.400. The maximum Gasteiger partial charge on any atom is 0.251 e. The molecule has 1 saturated heterocycles.